The van der Waals surface area contributed by atoms with Crippen molar-refractivity contribution in [2.45, 2.75) is 85.2 Å². The molecule has 0 aromatic carbocycles. The molecule has 20 heavy (non-hydrogen) atoms. The molecule has 2 heteroatoms. The maximum atomic E-state index is 3.68. The standard InChI is InChI=1S/C18H38N2/c1-7-18(8-2,13-19-15(3)4)14-20(6)17-12-10-9-11-16(17)5/h15-17,19H,7-14H2,1-6H3. The van der Waals surface area contributed by atoms with Crippen LogP contribution in [0.5, 0.6) is 0 Å². The molecule has 2 atom stereocenters. The van der Waals surface area contributed by atoms with Crippen LogP contribution in [0.25, 0.3) is 0 Å². The Morgan fingerprint density at radius 1 is 1.15 bits per heavy atom. The van der Waals surface area contributed by atoms with Gasteiger partial charge in [0.2, 0.25) is 0 Å². The normalized spacial score (nSPS) is 24.6. The van der Waals surface area contributed by atoms with E-state index < -0.39 is 0 Å². The van der Waals surface area contributed by atoms with Crippen LogP contribution in [-0.4, -0.2) is 37.1 Å². The minimum atomic E-state index is 0.441. The third-order valence-electron chi connectivity index (χ3n) is 5.60. The van der Waals surface area contributed by atoms with Gasteiger partial charge in [-0.15, -0.1) is 0 Å². The molecule has 120 valence electrons. The minimum Gasteiger partial charge on any atom is -0.314 e. The van der Waals surface area contributed by atoms with Gasteiger partial charge in [-0.25, -0.2) is 0 Å². The van der Waals surface area contributed by atoms with Crippen molar-refractivity contribution in [1.29, 1.82) is 0 Å². The van der Waals surface area contributed by atoms with E-state index in [9.17, 15) is 0 Å². The Morgan fingerprint density at radius 3 is 2.25 bits per heavy atom. The molecule has 0 aromatic heterocycles. The van der Waals surface area contributed by atoms with Crippen LogP contribution >= 0.6 is 0 Å². The average Bonchev–Trinajstić information content (AvgIpc) is 2.43. The highest BCUT2D eigenvalue weighted by Crippen LogP contribution is 2.32. The lowest BCUT2D eigenvalue weighted by atomic mass is 9.79. The van der Waals surface area contributed by atoms with E-state index in [0.717, 1.165) is 18.5 Å². The molecule has 0 aliphatic heterocycles. The molecular formula is C18H38N2. The van der Waals surface area contributed by atoms with E-state index in [1.807, 2.05) is 0 Å². The summed E-state index contributed by atoms with van der Waals surface area (Å²) in [5, 5.41) is 3.68. The highest BCUT2D eigenvalue weighted by Gasteiger charge is 2.32. The van der Waals surface area contributed by atoms with Gasteiger partial charge in [0.15, 0.2) is 0 Å². The predicted molar refractivity (Wildman–Crippen MR) is 90.2 cm³/mol. The third kappa shape index (κ3) is 5.04. The first kappa shape index (κ1) is 18.0. The fourth-order valence-electron chi connectivity index (χ4n) is 3.80. The molecule has 2 nitrogen and oxygen atoms in total. The van der Waals surface area contributed by atoms with E-state index in [0.29, 0.717) is 11.5 Å². The summed E-state index contributed by atoms with van der Waals surface area (Å²) in [5.41, 5.74) is 0.441. The smallest absolute Gasteiger partial charge is 0.0118 e. The van der Waals surface area contributed by atoms with E-state index in [1.54, 1.807) is 0 Å². The first-order valence-corrected chi connectivity index (χ1v) is 8.87. The summed E-state index contributed by atoms with van der Waals surface area (Å²) >= 11 is 0. The van der Waals surface area contributed by atoms with Gasteiger partial charge in [0.05, 0.1) is 0 Å². The molecule has 1 rings (SSSR count). The zero-order valence-electron chi connectivity index (χ0n) is 14.8. The van der Waals surface area contributed by atoms with Gasteiger partial charge in [0.1, 0.15) is 0 Å². The molecule has 1 fully saturated rings. The topological polar surface area (TPSA) is 15.3 Å². The van der Waals surface area contributed by atoms with Gasteiger partial charge in [-0.05, 0) is 44.1 Å². The van der Waals surface area contributed by atoms with Crippen molar-refractivity contribution in [2.24, 2.45) is 11.3 Å². The molecular weight excluding hydrogens is 244 g/mol. The Bertz CT molecular complexity index is 258. The molecule has 1 aliphatic carbocycles. The largest absolute Gasteiger partial charge is 0.314 e. The Morgan fingerprint density at radius 2 is 1.75 bits per heavy atom. The Labute approximate surface area is 127 Å². The van der Waals surface area contributed by atoms with Gasteiger partial charge >= 0.3 is 0 Å². The van der Waals surface area contributed by atoms with E-state index >= 15 is 0 Å². The zero-order chi connectivity index (χ0) is 15.2. The molecule has 0 radical (unpaired) electrons. The van der Waals surface area contributed by atoms with Crippen molar-refractivity contribution >= 4 is 0 Å². The predicted octanol–water partition coefficient (Wildman–Crippen LogP) is 4.30. The van der Waals surface area contributed by atoms with Crippen LogP contribution < -0.4 is 5.32 Å². The second kappa shape index (κ2) is 8.38. The van der Waals surface area contributed by atoms with Crippen molar-refractivity contribution in [2.75, 3.05) is 20.1 Å². The first-order valence-electron chi connectivity index (χ1n) is 8.87. The van der Waals surface area contributed by atoms with Gasteiger partial charge in [-0.2, -0.15) is 0 Å². The van der Waals surface area contributed by atoms with Crippen LogP contribution in [0.4, 0.5) is 0 Å². The van der Waals surface area contributed by atoms with E-state index in [1.165, 1.54) is 45.1 Å². The van der Waals surface area contributed by atoms with Gasteiger partial charge in [-0.3, -0.25) is 0 Å². The Kier molecular flexibility index (Phi) is 7.53. The summed E-state index contributed by atoms with van der Waals surface area (Å²) in [5.74, 6) is 0.873. The van der Waals surface area contributed by atoms with Crippen LogP contribution in [0.15, 0.2) is 0 Å². The SMILES string of the molecule is CCC(CC)(CNC(C)C)CN(C)C1CCCCC1C. The maximum absolute atomic E-state index is 3.68. The van der Waals surface area contributed by atoms with Crippen LogP contribution in [-0.2, 0) is 0 Å². The molecule has 0 amide bonds. The molecule has 2 unspecified atom stereocenters. The molecule has 1 aliphatic rings. The summed E-state index contributed by atoms with van der Waals surface area (Å²) in [7, 11) is 2.36. The van der Waals surface area contributed by atoms with E-state index in [2.05, 4.69) is 51.9 Å². The van der Waals surface area contributed by atoms with Crippen molar-refractivity contribution in [3.05, 3.63) is 0 Å². The fourth-order valence-corrected chi connectivity index (χ4v) is 3.80. The highest BCUT2D eigenvalue weighted by molar-refractivity contribution is 4.87. The van der Waals surface area contributed by atoms with E-state index in [-0.39, 0.29) is 0 Å². The molecule has 1 N–H and O–H groups in total. The monoisotopic (exact) mass is 282 g/mol. The average molecular weight is 283 g/mol. The van der Waals surface area contributed by atoms with E-state index in [4.69, 9.17) is 0 Å². The van der Waals surface area contributed by atoms with Crippen molar-refractivity contribution in [3.8, 4) is 0 Å². The third-order valence-corrected chi connectivity index (χ3v) is 5.60. The second-order valence-corrected chi connectivity index (χ2v) is 7.49. The summed E-state index contributed by atoms with van der Waals surface area (Å²) in [4.78, 5) is 2.68. The molecule has 0 saturated heterocycles. The summed E-state index contributed by atoms with van der Waals surface area (Å²) in [6, 6.07) is 1.40. The second-order valence-electron chi connectivity index (χ2n) is 7.49. The number of nitrogens with one attached hydrogen (secondary N) is 1. The van der Waals surface area contributed by atoms with Gasteiger partial charge in [0, 0.05) is 25.2 Å². The highest BCUT2D eigenvalue weighted by atomic mass is 15.1. The summed E-state index contributed by atoms with van der Waals surface area (Å²) in [6.45, 7) is 14.1. The zero-order valence-corrected chi connectivity index (χ0v) is 14.8. The molecule has 0 aromatic rings. The molecule has 1 saturated carbocycles. The fraction of sp³-hybridized carbons (Fsp3) is 1.00. The van der Waals surface area contributed by atoms with Gasteiger partial charge in [-0.1, -0.05) is 47.5 Å². The number of hydrogen-bond acceptors (Lipinski definition) is 2. The number of nitrogens with zero attached hydrogens (tertiary/aromatic N) is 1. The summed E-state index contributed by atoms with van der Waals surface area (Å²) < 4.78 is 0. The minimum absolute atomic E-state index is 0.441. The lowest BCUT2D eigenvalue weighted by Gasteiger charge is -2.43. The van der Waals surface area contributed by atoms with Crippen molar-refractivity contribution < 1.29 is 0 Å². The molecule has 0 spiro atoms. The maximum Gasteiger partial charge on any atom is 0.0118 e. The number of rotatable bonds is 8. The Balaban J connectivity index is 2.63. The van der Waals surface area contributed by atoms with Crippen LogP contribution in [0, 0.1) is 11.3 Å². The Hall–Kier alpha value is -0.0800. The lowest BCUT2D eigenvalue weighted by Crippen LogP contribution is -2.48. The summed E-state index contributed by atoms with van der Waals surface area (Å²) in [6.07, 6.45) is 8.23. The van der Waals surface area contributed by atoms with Crippen molar-refractivity contribution in [3.63, 3.8) is 0 Å². The number of hydrogen-bond donors (Lipinski definition) is 1. The van der Waals surface area contributed by atoms with Gasteiger partial charge < -0.3 is 10.2 Å². The molecule has 0 bridgehead atoms. The first-order chi connectivity index (χ1) is 9.44. The van der Waals surface area contributed by atoms with Crippen LogP contribution in [0.3, 0.4) is 0 Å². The molecule has 0 heterocycles. The lowest BCUT2D eigenvalue weighted by molar-refractivity contribution is 0.0758. The van der Waals surface area contributed by atoms with Crippen LogP contribution in [0.1, 0.15) is 73.1 Å². The van der Waals surface area contributed by atoms with Crippen molar-refractivity contribution in [1.82, 2.24) is 10.2 Å². The quantitative estimate of drug-likeness (QED) is 0.714. The van der Waals surface area contributed by atoms with Gasteiger partial charge in [0.25, 0.3) is 0 Å². The van der Waals surface area contributed by atoms with Crippen LogP contribution in [0.2, 0.25) is 0 Å².